The summed E-state index contributed by atoms with van der Waals surface area (Å²) >= 11 is 0. The van der Waals surface area contributed by atoms with E-state index in [1.807, 2.05) is 0 Å². The molecule has 2 heteroatoms. The van der Waals surface area contributed by atoms with Crippen LogP contribution in [0.3, 0.4) is 0 Å². The zero-order chi connectivity index (χ0) is 24.5. The third kappa shape index (κ3) is 3.72. The van der Waals surface area contributed by atoms with E-state index in [1.54, 1.807) is 0 Å². The summed E-state index contributed by atoms with van der Waals surface area (Å²) in [4.78, 5) is 3.70. The number of nitrogens with one attached hydrogen (secondary N) is 1. The molecule has 0 fully saturated rings. The highest BCUT2D eigenvalue weighted by molar-refractivity contribution is 6.10. The zero-order valence-electron chi connectivity index (χ0n) is 21.7. The van der Waals surface area contributed by atoms with Crippen molar-refractivity contribution in [2.75, 3.05) is 0 Å². The molecule has 2 heterocycles. The molecule has 0 saturated heterocycles. The molecule has 4 aromatic carbocycles. The van der Waals surface area contributed by atoms with Crippen LogP contribution in [0.15, 0.2) is 78.9 Å². The van der Waals surface area contributed by atoms with Crippen LogP contribution in [0.1, 0.15) is 47.1 Å². The Bertz CT molecular complexity index is 1730. The van der Waals surface area contributed by atoms with Gasteiger partial charge in [-0.3, -0.25) is 0 Å². The average molecular weight is 459 g/mol. The fourth-order valence-corrected chi connectivity index (χ4v) is 5.73. The number of nitrogens with zero attached hydrogens (tertiary/aromatic N) is 1. The average Bonchev–Trinajstić information content (AvgIpc) is 3.31. The van der Waals surface area contributed by atoms with E-state index in [9.17, 15) is 0 Å². The molecule has 0 saturated carbocycles. The van der Waals surface area contributed by atoms with Crippen LogP contribution < -0.4 is 0 Å². The molecule has 0 radical (unpaired) electrons. The number of aromatic amines is 1. The SMILES string of the molecule is CC(C)(C)Cc1ccc2c(c1)[nH]c1cc(-c3ccc4c5ccccc5n(C(C)(C)C)c4c3)ccc12. The number of hydrogen-bond donors (Lipinski definition) is 1. The molecule has 0 aliphatic carbocycles. The number of H-pyrrole nitrogens is 1. The quantitative estimate of drug-likeness (QED) is 0.267. The highest BCUT2D eigenvalue weighted by atomic mass is 15.0. The fourth-order valence-electron chi connectivity index (χ4n) is 5.73. The molecule has 0 amide bonds. The maximum Gasteiger partial charge on any atom is 0.0502 e. The molecule has 0 unspecified atom stereocenters. The largest absolute Gasteiger partial charge is 0.354 e. The number of benzene rings is 4. The van der Waals surface area contributed by atoms with Crippen LogP contribution in [0.2, 0.25) is 0 Å². The van der Waals surface area contributed by atoms with E-state index in [-0.39, 0.29) is 11.0 Å². The lowest BCUT2D eigenvalue weighted by Crippen LogP contribution is -2.21. The standard InChI is InChI=1S/C33H34N2/c1-32(2,3)20-21-11-14-24-25-15-12-22(18-29(25)34-28(24)17-21)23-13-16-27-26-9-7-8-10-30(26)35(31(27)19-23)33(4,5)6/h7-19,34H,20H2,1-6H3. The molecule has 6 rings (SSSR count). The van der Waals surface area contributed by atoms with E-state index in [1.165, 1.54) is 60.3 Å². The topological polar surface area (TPSA) is 20.7 Å². The monoisotopic (exact) mass is 458 g/mol. The second kappa shape index (κ2) is 7.49. The van der Waals surface area contributed by atoms with Crippen molar-refractivity contribution < 1.29 is 0 Å². The Morgan fingerprint density at radius 1 is 0.600 bits per heavy atom. The Morgan fingerprint density at radius 2 is 1.20 bits per heavy atom. The van der Waals surface area contributed by atoms with Crippen molar-refractivity contribution in [3.63, 3.8) is 0 Å². The van der Waals surface area contributed by atoms with Crippen LogP contribution in [-0.4, -0.2) is 9.55 Å². The van der Waals surface area contributed by atoms with Crippen molar-refractivity contribution >= 4 is 43.6 Å². The summed E-state index contributed by atoms with van der Waals surface area (Å²) < 4.78 is 2.49. The minimum Gasteiger partial charge on any atom is -0.354 e. The third-order valence-corrected chi connectivity index (χ3v) is 7.08. The summed E-state index contributed by atoms with van der Waals surface area (Å²) in [6.07, 6.45) is 1.07. The summed E-state index contributed by atoms with van der Waals surface area (Å²) in [7, 11) is 0. The minimum atomic E-state index is -0.00806. The van der Waals surface area contributed by atoms with Crippen LogP contribution in [0.5, 0.6) is 0 Å². The van der Waals surface area contributed by atoms with Gasteiger partial charge in [0.05, 0.1) is 5.52 Å². The molecule has 6 aromatic rings. The van der Waals surface area contributed by atoms with E-state index in [0.717, 1.165) is 6.42 Å². The van der Waals surface area contributed by atoms with Crippen LogP contribution >= 0.6 is 0 Å². The van der Waals surface area contributed by atoms with Crippen molar-refractivity contribution in [3.05, 3.63) is 84.4 Å². The molecule has 35 heavy (non-hydrogen) atoms. The van der Waals surface area contributed by atoms with Gasteiger partial charge >= 0.3 is 0 Å². The summed E-state index contributed by atoms with van der Waals surface area (Å²) in [5, 5.41) is 5.22. The van der Waals surface area contributed by atoms with Crippen LogP contribution in [0, 0.1) is 5.41 Å². The third-order valence-electron chi connectivity index (χ3n) is 7.08. The van der Waals surface area contributed by atoms with Crippen LogP contribution in [-0.2, 0) is 12.0 Å². The molecule has 2 aromatic heterocycles. The minimum absolute atomic E-state index is 0.00806. The van der Waals surface area contributed by atoms with E-state index < -0.39 is 0 Å². The first-order valence-corrected chi connectivity index (χ1v) is 12.7. The molecule has 0 aliphatic rings. The van der Waals surface area contributed by atoms with Gasteiger partial charge < -0.3 is 9.55 Å². The maximum absolute atomic E-state index is 3.70. The van der Waals surface area contributed by atoms with E-state index >= 15 is 0 Å². The Morgan fingerprint density at radius 3 is 1.91 bits per heavy atom. The molecular formula is C33H34N2. The van der Waals surface area contributed by atoms with Gasteiger partial charge in [-0.15, -0.1) is 0 Å². The second-order valence-electron chi connectivity index (χ2n) is 12.3. The fraction of sp³-hybridized carbons (Fsp3) is 0.273. The Hall–Kier alpha value is -3.52. The molecular weight excluding hydrogens is 424 g/mol. The highest BCUT2D eigenvalue weighted by Gasteiger charge is 2.21. The molecule has 0 atom stereocenters. The summed E-state index contributed by atoms with van der Waals surface area (Å²) in [6.45, 7) is 13.8. The van der Waals surface area contributed by atoms with Gasteiger partial charge in [0, 0.05) is 43.6 Å². The lowest BCUT2D eigenvalue weighted by molar-refractivity contribution is 0.411. The van der Waals surface area contributed by atoms with E-state index in [0.29, 0.717) is 0 Å². The molecule has 1 N–H and O–H groups in total. The van der Waals surface area contributed by atoms with Crippen molar-refractivity contribution in [2.45, 2.75) is 53.5 Å². The van der Waals surface area contributed by atoms with Gasteiger partial charge in [0.15, 0.2) is 0 Å². The summed E-state index contributed by atoms with van der Waals surface area (Å²) in [5.74, 6) is 0. The first kappa shape index (κ1) is 22.0. The summed E-state index contributed by atoms with van der Waals surface area (Å²) in [5.41, 5.74) is 9.16. The van der Waals surface area contributed by atoms with Crippen molar-refractivity contribution in [1.82, 2.24) is 9.55 Å². The van der Waals surface area contributed by atoms with Crippen molar-refractivity contribution in [3.8, 4) is 11.1 Å². The number of rotatable bonds is 2. The van der Waals surface area contributed by atoms with Gasteiger partial charge in [0.25, 0.3) is 0 Å². The molecule has 0 bridgehead atoms. The zero-order valence-corrected chi connectivity index (χ0v) is 21.7. The number of hydrogen-bond acceptors (Lipinski definition) is 0. The van der Waals surface area contributed by atoms with Gasteiger partial charge in [-0.05, 0) is 73.6 Å². The Labute approximate surface area is 207 Å². The van der Waals surface area contributed by atoms with Gasteiger partial charge in [0.2, 0.25) is 0 Å². The Kier molecular flexibility index (Phi) is 4.70. The molecule has 176 valence electrons. The molecule has 0 aliphatic heterocycles. The summed E-state index contributed by atoms with van der Waals surface area (Å²) in [6, 6.07) is 29.4. The van der Waals surface area contributed by atoms with Crippen LogP contribution in [0.4, 0.5) is 0 Å². The van der Waals surface area contributed by atoms with Gasteiger partial charge in [-0.1, -0.05) is 75.4 Å². The highest BCUT2D eigenvalue weighted by Crippen LogP contribution is 2.37. The van der Waals surface area contributed by atoms with Crippen LogP contribution in [0.25, 0.3) is 54.7 Å². The number of para-hydroxylation sites is 1. The maximum atomic E-state index is 3.70. The lowest BCUT2D eigenvalue weighted by atomic mass is 9.88. The smallest absolute Gasteiger partial charge is 0.0502 e. The van der Waals surface area contributed by atoms with E-state index in [2.05, 4.69) is 130 Å². The molecule has 2 nitrogen and oxygen atoms in total. The van der Waals surface area contributed by atoms with E-state index in [4.69, 9.17) is 0 Å². The van der Waals surface area contributed by atoms with Gasteiger partial charge in [-0.2, -0.15) is 0 Å². The van der Waals surface area contributed by atoms with Gasteiger partial charge in [0.1, 0.15) is 0 Å². The first-order chi connectivity index (χ1) is 16.6. The number of aromatic nitrogens is 2. The predicted molar refractivity (Wildman–Crippen MR) is 152 cm³/mol. The number of fused-ring (bicyclic) bond motifs is 6. The Balaban J connectivity index is 1.50. The normalized spacial score (nSPS) is 13.0. The van der Waals surface area contributed by atoms with Crippen molar-refractivity contribution in [1.29, 1.82) is 0 Å². The second-order valence-corrected chi connectivity index (χ2v) is 12.3. The molecule has 0 spiro atoms. The van der Waals surface area contributed by atoms with Crippen molar-refractivity contribution in [2.24, 2.45) is 5.41 Å². The lowest BCUT2D eigenvalue weighted by Gasteiger charge is -2.24. The van der Waals surface area contributed by atoms with Gasteiger partial charge in [-0.25, -0.2) is 0 Å². The predicted octanol–water partition coefficient (Wildman–Crippen LogP) is 9.44. The first-order valence-electron chi connectivity index (χ1n) is 12.7.